The number of rotatable bonds is 6. The van der Waals surface area contributed by atoms with Gasteiger partial charge >= 0.3 is 6.03 Å². The topological polar surface area (TPSA) is 58.6 Å². The second-order valence-electron chi connectivity index (χ2n) is 7.14. The van der Waals surface area contributed by atoms with Gasteiger partial charge in [-0.25, -0.2) is 4.79 Å². The maximum Gasteiger partial charge on any atom is 0.318 e. The summed E-state index contributed by atoms with van der Waals surface area (Å²) in [4.78, 5) is 27.7. The first kappa shape index (κ1) is 17.4. The smallest absolute Gasteiger partial charge is 0.318 e. The lowest BCUT2D eigenvalue weighted by Crippen LogP contribution is -2.50. The second-order valence-corrected chi connectivity index (χ2v) is 8.17. The molecule has 1 aromatic rings. The highest BCUT2D eigenvalue weighted by atomic mass is 32.1. The van der Waals surface area contributed by atoms with Crippen LogP contribution in [0.1, 0.15) is 38.0 Å². The van der Waals surface area contributed by atoms with Gasteiger partial charge in [-0.05, 0) is 43.0 Å². The van der Waals surface area contributed by atoms with Crippen molar-refractivity contribution in [3.63, 3.8) is 0 Å². The number of hydrogen-bond acceptors (Lipinski definition) is 4. The molecule has 3 rings (SSSR count). The summed E-state index contributed by atoms with van der Waals surface area (Å²) in [5, 5.41) is 5.25. The summed E-state index contributed by atoms with van der Waals surface area (Å²) in [5.74, 6) is 0.549. The summed E-state index contributed by atoms with van der Waals surface area (Å²) in [7, 11) is 0. The van der Waals surface area contributed by atoms with Gasteiger partial charge in [-0.1, -0.05) is 19.9 Å². The number of amides is 2. The van der Waals surface area contributed by atoms with E-state index in [0.717, 1.165) is 25.7 Å². The molecule has 3 atom stereocenters. The van der Waals surface area contributed by atoms with Crippen molar-refractivity contribution >= 4 is 23.2 Å². The van der Waals surface area contributed by atoms with Crippen molar-refractivity contribution in [2.75, 3.05) is 13.2 Å². The first-order valence-electron chi connectivity index (χ1n) is 8.78. The maximum atomic E-state index is 12.7. The van der Waals surface area contributed by atoms with Gasteiger partial charge < -0.3 is 15.0 Å². The third-order valence-electron chi connectivity index (χ3n) is 4.78. The Balaban J connectivity index is 1.59. The molecule has 132 valence electrons. The van der Waals surface area contributed by atoms with Crippen LogP contribution < -0.4 is 5.32 Å². The number of Topliss-reactive ketones (excluding diaryl/α,β-unsaturated/α-hetero) is 1. The highest BCUT2D eigenvalue weighted by Crippen LogP contribution is 2.27. The monoisotopic (exact) mass is 350 g/mol. The Labute approximate surface area is 147 Å². The molecule has 5 nitrogen and oxygen atoms in total. The molecule has 0 aromatic carbocycles. The van der Waals surface area contributed by atoms with Gasteiger partial charge in [0.05, 0.1) is 6.10 Å². The fraction of sp³-hybridized carbons (Fsp3) is 0.667. The molecular formula is C18H26N2O3S. The Morgan fingerprint density at radius 2 is 2.33 bits per heavy atom. The van der Waals surface area contributed by atoms with Crippen LogP contribution in [-0.4, -0.2) is 48.1 Å². The van der Waals surface area contributed by atoms with Crippen molar-refractivity contribution < 1.29 is 14.3 Å². The van der Waals surface area contributed by atoms with E-state index in [1.165, 1.54) is 4.88 Å². The summed E-state index contributed by atoms with van der Waals surface area (Å²) in [5.41, 5.74) is 0. The van der Waals surface area contributed by atoms with E-state index in [2.05, 4.69) is 36.7 Å². The zero-order valence-electron chi connectivity index (χ0n) is 14.4. The molecule has 0 bridgehead atoms. The van der Waals surface area contributed by atoms with Crippen LogP contribution in [0.5, 0.6) is 0 Å². The lowest BCUT2D eigenvalue weighted by atomic mass is 9.99. The molecule has 0 spiro atoms. The van der Waals surface area contributed by atoms with Crippen molar-refractivity contribution in [2.45, 2.75) is 57.7 Å². The summed E-state index contributed by atoms with van der Waals surface area (Å²) in [6, 6.07) is 3.85. The van der Waals surface area contributed by atoms with Gasteiger partial charge in [0.2, 0.25) is 0 Å². The molecule has 2 aliphatic rings. The number of likely N-dealkylation sites (tertiary alicyclic amines) is 1. The standard InChI is InChI=1S/C18H26N2O3S/c1-12(2)10-13(5-6-14-4-3-9-24-14)19-18(22)20-8-7-16-17(20)15(21)11-23-16/h3-4,9,12-13,16-17H,5-8,10-11H2,1-2H3,(H,19,22)/t13?,16-,17-/m1/s1. The minimum Gasteiger partial charge on any atom is -0.368 e. The molecule has 2 amide bonds. The Kier molecular flexibility index (Phi) is 5.56. The minimum absolute atomic E-state index is 0.0339. The number of fused-ring (bicyclic) bond motifs is 1. The second kappa shape index (κ2) is 7.66. The maximum absolute atomic E-state index is 12.7. The average molecular weight is 350 g/mol. The van der Waals surface area contributed by atoms with E-state index in [9.17, 15) is 9.59 Å². The lowest BCUT2D eigenvalue weighted by molar-refractivity contribution is -0.120. The van der Waals surface area contributed by atoms with E-state index in [-0.39, 0.29) is 36.6 Å². The van der Waals surface area contributed by atoms with Crippen LogP contribution in [0.4, 0.5) is 4.79 Å². The van der Waals surface area contributed by atoms with Crippen LogP contribution in [0.2, 0.25) is 0 Å². The first-order chi connectivity index (χ1) is 11.5. The predicted molar refractivity (Wildman–Crippen MR) is 94.3 cm³/mol. The third-order valence-corrected chi connectivity index (χ3v) is 5.71. The van der Waals surface area contributed by atoms with Crippen molar-refractivity contribution in [2.24, 2.45) is 5.92 Å². The highest BCUT2D eigenvalue weighted by molar-refractivity contribution is 7.09. The Morgan fingerprint density at radius 1 is 1.50 bits per heavy atom. The van der Waals surface area contributed by atoms with E-state index >= 15 is 0 Å². The summed E-state index contributed by atoms with van der Waals surface area (Å²) in [6.07, 6.45) is 3.51. The van der Waals surface area contributed by atoms with Crippen LogP contribution in [0.15, 0.2) is 17.5 Å². The Hall–Kier alpha value is -1.40. The molecule has 3 heterocycles. The molecule has 6 heteroatoms. The number of aryl methyl sites for hydroxylation is 1. The fourth-order valence-electron chi connectivity index (χ4n) is 3.67. The summed E-state index contributed by atoms with van der Waals surface area (Å²) >= 11 is 1.76. The molecule has 2 fully saturated rings. The number of carbonyl (C=O) groups is 2. The Morgan fingerprint density at radius 3 is 3.04 bits per heavy atom. The summed E-state index contributed by atoms with van der Waals surface area (Å²) < 4.78 is 5.47. The molecule has 0 aliphatic carbocycles. The first-order valence-corrected chi connectivity index (χ1v) is 9.66. The van der Waals surface area contributed by atoms with E-state index in [0.29, 0.717) is 12.5 Å². The van der Waals surface area contributed by atoms with Gasteiger partial charge in [-0.2, -0.15) is 0 Å². The number of hydrogen-bond donors (Lipinski definition) is 1. The van der Waals surface area contributed by atoms with Gasteiger partial charge in [-0.3, -0.25) is 4.79 Å². The highest BCUT2D eigenvalue weighted by Gasteiger charge is 2.46. The number of ketones is 1. The van der Waals surface area contributed by atoms with Crippen molar-refractivity contribution in [1.82, 2.24) is 10.2 Å². The molecular weight excluding hydrogens is 324 g/mol. The number of nitrogens with zero attached hydrogens (tertiary/aromatic N) is 1. The SMILES string of the molecule is CC(C)CC(CCc1cccs1)NC(=O)N1CC[C@H]2OCC(=O)[C@H]21. The van der Waals surface area contributed by atoms with E-state index in [1.807, 2.05) is 0 Å². The van der Waals surface area contributed by atoms with Crippen molar-refractivity contribution in [3.8, 4) is 0 Å². The van der Waals surface area contributed by atoms with Gasteiger partial charge in [-0.15, -0.1) is 11.3 Å². The molecule has 0 saturated carbocycles. The van der Waals surface area contributed by atoms with Crippen LogP contribution in [0.25, 0.3) is 0 Å². The van der Waals surface area contributed by atoms with E-state index in [4.69, 9.17) is 4.74 Å². The number of nitrogens with one attached hydrogen (secondary N) is 1. The van der Waals surface area contributed by atoms with Crippen molar-refractivity contribution in [1.29, 1.82) is 0 Å². The third kappa shape index (κ3) is 3.98. The normalized spacial score (nSPS) is 24.5. The lowest BCUT2D eigenvalue weighted by Gasteiger charge is -2.27. The van der Waals surface area contributed by atoms with Crippen LogP contribution in [0, 0.1) is 5.92 Å². The van der Waals surface area contributed by atoms with Crippen LogP contribution in [-0.2, 0) is 16.0 Å². The van der Waals surface area contributed by atoms with Gasteiger partial charge in [0.1, 0.15) is 12.6 Å². The molecule has 2 saturated heterocycles. The Bertz CT molecular complexity index is 573. The van der Waals surface area contributed by atoms with E-state index in [1.54, 1.807) is 16.2 Å². The molecule has 1 unspecified atom stereocenters. The molecule has 1 N–H and O–H groups in total. The van der Waals surface area contributed by atoms with Gasteiger partial charge in [0.15, 0.2) is 5.78 Å². The number of ether oxygens (including phenoxy) is 1. The van der Waals surface area contributed by atoms with Crippen molar-refractivity contribution in [3.05, 3.63) is 22.4 Å². The number of thiophene rings is 1. The molecule has 24 heavy (non-hydrogen) atoms. The summed E-state index contributed by atoms with van der Waals surface area (Å²) in [6.45, 7) is 5.09. The number of carbonyl (C=O) groups excluding carboxylic acids is 2. The van der Waals surface area contributed by atoms with Crippen LogP contribution in [0.3, 0.4) is 0 Å². The van der Waals surface area contributed by atoms with E-state index < -0.39 is 0 Å². The zero-order valence-corrected chi connectivity index (χ0v) is 15.2. The average Bonchev–Trinajstić information content (AvgIpc) is 3.23. The quantitative estimate of drug-likeness (QED) is 0.858. The number of urea groups is 1. The molecule has 0 radical (unpaired) electrons. The molecule has 1 aromatic heterocycles. The largest absolute Gasteiger partial charge is 0.368 e. The predicted octanol–water partition coefficient (Wildman–Crippen LogP) is 2.85. The van der Waals surface area contributed by atoms with Crippen LogP contribution >= 0.6 is 11.3 Å². The molecule has 2 aliphatic heterocycles. The minimum atomic E-state index is -0.373. The fourth-order valence-corrected chi connectivity index (χ4v) is 4.39. The van der Waals surface area contributed by atoms with Gasteiger partial charge in [0, 0.05) is 17.5 Å². The zero-order chi connectivity index (χ0) is 17.1. The van der Waals surface area contributed by atoms with Gasteiger partial charge in [0.25, 0.3) is 0 Å².